The fraction of sp³-hybridized carbons (Fsp3) is 0.830. The van der Waals surface area contributed by atoms with Crippen LogP contribution in [0, 0.1) is 0 Å². The maximum Gasteiger partial charge on any atom is 0.306 e. The van der Waals surface area contributed by atoms with Gasteiger partial charge < -0.3 is 20.3 Å². The van der Waals surface area contributed by atoms with Crippen molar-refractivity contribution >= 4 is 11.9 Å². The number of allylic oxidation sites excluding steroid dienone is 6. The lowest BCUT2D eigenvalue weighted by Crippen LogP contribution is -2.46. The van der Waals surface area contributed by atoms with Gasteiger partial charge in [0.25, 0.3) is 0 Å². The molecule has 0 radical (unpaired) electrons. The maximum absolute atomic E-state index is 13.1. The molecule has 0 aromatic rings. The van der Waals surface area contributed by atoms with Crippen molar-refractivity contribution in [2.75, 3.05) is 6.61 Å². The number of ether oxygens (including phenoxy) is 1. The molecular weight excluding hydrogens is 659 g/mol. The van der Waals surface area contributed by atoms with Crippen molar-refractivity contribution in [3.63, 3.8) is 0 Å². The summed E-state index contributed by atoms with van der Waals surface area (Å²) in [4.78, 5) is 25.9. The zero-order valence-electron chi connectivity index (χ0n) is 35.1. The highest BCUT2D eigenvalue weighted by Crippen LogP contribution is 2.17. The maximum atomic E-state index is 13.1. The van der Waals surface area contributed by atoms with Crippen LogP contribution in [0.4, 0.5) is 0 Å². The molecule has 53 heavy (non-hydrogen) atoms. The minimum Gasteiger partial charge on any atom is -0.462 e. The Hall–Kier alpha value is -1.92. The molecule has 3 atom stereocenters. The van der Waals surface area contributed by atoms with Crippen molar-refractivity contribution in [2.45, 2.75) is 244 Å². The Morgan fingerprint density at radius 1 is 0.547 bits per heavy atom. The van der Waals surface area contributed by atoms with Crippen molar-refractivity contribution < 1.29 is 24.5 Å². The molecule has 0 aromatic heterocycles. The molecule has 6 heteroatoms. The van der Waals surface area contributed by atoms with Crippen molar-refractivity contribution in [1.82, 2.24) is 5.32 Å². The van der Waals surface area contributed by atoms with Gasteiger partial charge in [0, 0.05) is 6.42 Å². The predicted molar refractivity (Wildman–Crippen MR) is 227 cm³/mol. The third-order valence-electron chi connectivity index (χ3n) is 10.2. The number of rotatable bonds is 40. The van der Waals surface area contributed by atoms with Crippen molar-refractivity contribution in [1.29, 1.82) is 0 Å². The lowest BCUT2D eigenvalue weighted by molar-refractivity contribution is -0.151. The second-order valence-corrected chi connectivity index (χ2v) is 15.4. The Bertz CT molecular complexity index is 884. The van der Waals surface area contributed by atoms with E-state index in [1.807, 2.05) is 0 Å². The number of esters is 1. The van der Waals surface area contributed by atoms with Crippen molar-refractivity contribution in [3.8, 4) is 0 Å². The van der Waals surface area contributed by atoms with Crippen LogP contribution in [0.2, 0.25) is 0 Å². The van der Waals surface area contributed by atoms with E-state index in [1.54, 1.807) is 0 Å². The van der Waals surface area contributed by atoms with E-state index in [-0.39, 0.29) is 24.9 Å². The number of aliphatic hydroxyl groups excluding tert-OH is 2. The van der Waals surface area contributed by atoms with Crippen LogP contribution in [0.1, 0.15) is 226 Å². The summed E-state index contributed by atoms with van der Waals surface area (Å²) in [7, 11) is 0. The molecule has 310 valence electrons. The van der Waals surface area contributed by atoms with Gasteiger partial charge in [-0.25, -0.2) is 0 Å². The normalized spacial score (nSPS) is 13.7. The Morgan fingerprint density at radius 2 is 1.00 bits per heavy atom. The fourth-order valence-electron chi connectivity index (χ4n) is 6.70. The number of carbonyl (C=O) groups is 2. The fourth-order valence-corrected chi connectivity index (χ4v) is 6.70. The summed E-state index contributed by atoms with van der Waals surface area (Å²) in [5.41, 5.74) is 0. The second kappa shape index (κ2) is 41.2. The summed E-state index contributed by atoms with van der Waals surface area (Å²) < 4.78 is 5.87. The summed E-state index contributed by atoms with van der Waals surface area (Å²) in [6.07, 6.45) is 46.4. The van der Waals surface area contributed by atoms with Gasteiger partial charge >= 0.3 is 5.97 Å². The SMILES string of the molecule is CCC/C=C\CCCCCC(CC(=O)NC(CO)C(O)CCCCCCCCCCC)OC(=O)CCCCCCCCC/C=C\C/C=C\CCCCC. The number of nitrogens with one attached hydrogen (secondary N) is 1. The molecule has 0 rings (SSSR count). The Labute approximate surface area is 328 Å². The first kappa shape index (κ1) is 51.1. The number of amides is 1. The number of aliphatic hydroxyl groups is 2. The van der Waals surface area contributed by atoms with Crippen LogP contribution in [0.25, 0.3) is 0 Å². The average Bonchev–Trinajstić information content (AvgIpc) is 3.15. The molecule has 1 amide bonds. The molecule has 3 unspecified atom stereocenters. The van der Waals surface area contributed by atoms with Crippen molar-refractivity contribution in [2.24, 2.45) is 0 Å². The van der Waals surface area contributed by atoms with E-state index in [4.69, 9.17) is 4.74 Å². The van der Waals surface area contributed by atoms with Gasteiger partial charge in [-0.05, 0) is 77.0 Å². The summed E-state index contributed by atoms with van der Waals surface area (Å²) in [5.74, 6) is -0.502. The van der Waals surface area contributed by atoms with E-state index in [2.05, 4.69) is 62.5 Å². The monoisotopic (exact) mass is 746 g/mol. The zero-order chi connectivity index (χ0) is 38.9. The molecule has 0 fully saturated rings. The highest BCUT2D eigenvalue weighted by Gasteiger charge is 2.24. The molecule has 0 saturated carbocycles. The molecular formula is C47H87NO5. The largest absolute Gasteiger partial charge is 0.462 e. The van der Waals surface area contributed by atoms with E-state index in [0.717, 1.165) is 89.9 Å². The number of carbonyl (C=O) groups excluding carboxylic acids is 2. The predicted octanol–water partition coefficient (Wildman–Crippen LogP) is 12.9. The third kappa shape index (κ3) is 36.8. The highest BCUT2D eigenvalue weighted by molar-refractivity contribution is 5.77. The van der Waals surface area contributed by atoms with Gasteiger partial charge in [-0.1, -0.05) is 173 Å². The molecule has 0 aromatic carbocycles. The first-order chi connectivity index (χ1) is 26.0. The average molecular weight is 746 g/mol. The van der Waals surface area contributed by atoms with Crippen LogP contribution in [-0.2, 0) is 14.3 Å². The standard InChI is InChI=1S/C47H87NO5/c1-4-7-10-13-16-19-20-21-22-23-24-25-26-28-31-34-37-40-47(52)53-43(38-35-32-29-18-15-12-9-6-3)41-46(51)48-44(42-49)45(50)39-36-33-30-27-17-14-11-8-5-2/h12,15-16,19,21-22,43-45,49-50H,4-11,13-14,17-18,20,23-42H2,1-3H3,(H,48,51)/b15-12-,19-16-,22-21-. The molecule has 0 saturated heterocycles. The first-order valence-corrected chi connectivity index (χ1v) is 22.7. The van der Waals surface area contributed by atoms with Crippen LogP contribution in [0.5, 0.6) is 0 Å². The van der Waals surface area contributed by atoms with Gasteiger partial charge in [0.15, 0.2) is 0 Å². The van der Waals surface area contributed by atoms with E-state index >= 15 is 0 Å². The summed E-state index contributed by atoms with van der Waals surface area (Å²) in [5, 5.41) is 23.5. The molecule has 0 aliphatic heterocycles. The first-order valence-electron chi connectivity index (χ1n) is 22.7. The van der Waals surface area contributed by atoms with Gasteiger partial charge in [-0.2, -0.15) is 0 Å². The second-order valence-electron chi connectivity index (χ2n) is 15.4. The summed E-state index contributed by atoms with van der Waals surface area (Å²) in [6.45, 7) is 6.35. The molecule has 0 bridgehead atoms. The van der Waals surface area contributed by atoms with Crippen LogP contribution in [-0.4, -0.2) is 46.9 Å². The summed E-state index contributed by atoms with van der Waals surface area (Å²) in [6, 6.07) is -0.702. The van der Waals surface area contributed by atoms with E-state index in [0.29, 0.717) is 19.3 Å². The van der Waals surface area contributed by atoms with Gasteiger partial charge in [-0.15, -0.1) is 0 Å². The number of hydrogen-bond acceptors (Lipinski definition) is 5. The molecule has 0 heterocycles. The van der Waals surface area contributed by atoms with E-state index in [9.17, 15) is 19.8 Å². The summed E-state index contributed by atoms with van der Waals surface area (Å²) >= 11 is 0. The lowest BCUT2D eigenvalue weighted by atomic mass is 10.0. The lowest BCUT2D eigenvalue weighted by Gasteiger charge is -2.24. The molecule has 3 N–H and O–H groups in total. The quantitative estimate of drug-likeness (QED) is 0.0330. The van der Waals surface area contributed by atoms with Crippen LogP contribution >= 0.6 is 0 Å². The minimum absolute atomic E-state index is 0.0638. The minimum atomic E-state index is -0.788. The third-order valence-corrected chi connectivity index (χ3v) is 10.2. The highest BCUT2D eigenvalue weighted by atomic mass is 16.5. The van der Waals surface area contributed by atoms with E-state index < -0.39 is 18.2 Å². The van der Waals surface area contributed by atoms with Crippen LogP contribution in [0.15, 0.2) is 36.5 Å². The Morgan fingerprint density at radius 3 is 1.58 bits per heavy atom. The van der Waals surface area contributed by atoms with E-state index in [1.165, 1.54) is 89.9 Å². The molecule has 0 aliphatic rings. The number of unbranched alkanes of at least 4 members (excludes halogenated alkanes) is 22. The number of hydrogen-bond donors (Lipinski definition) is 3. The van der Waals surface area contributed by atoms with Gasteiger partial charge in [-0.3, -0.25) is 9.59 Å². The van der Waals surface area contributed by atoms with Crippen molar-refractivity contribution in [3.05, 3.63) is 36.5 Å². The smallest absolute Gasteiger partial charge is 0.306 e. The molecule has 6 nitrogen and oxygen atoms in total. The molecule has 0 aliphatic carbocycles. The topological polar surface area (TPSA) is 95.9 Å². The Balaban J connectivity index is 4.47. The van der Waals surface area contributed by atoms with Gasteiger partial charge in [0.05, 0.1) is 25.2 Å². The van der Waals surface area contributed by atoms with Crippen LogP contribution in [0.3, 0.4) is 0 Å². The van der Waals surface area contributed by atoms with Gasteiger partial charge in [0.2, 0.25) is 5.91 Å². The van der Waals surface area contributed by atoms with Gasteiger partial charge in [0.1, 0.15) is 6.10 Å². The van der Waals surface area contributed by atoms with Crippen LogP contribution < -0.4 is 5.32 Å². The molecule has 0 spiro atoms. The Kier molecular flexibility index (Phi) is 39.8. The zero-order valence-corrected chi connectivity index (χ0v) is 35.1.